The van der Waals surface area contributed by atoms with Gasteiger partial charge >= 0.3 is 0 Å². The lowest BCUT2D eigenvalue weighted by molar-refractivity contribution is 0.401. The van der Waals surface area contributed by atoms with E-state index in [0.29, 0.717) is 12.2 Å². The highest BCUT2D eigenvalue weighted by molar-refractivity contribution is 5.33. The van der Waals surface area contributed by atoms with E-state index in [-0.39, 0.29) is 0 Å². The van der Waals surface area contributed by atoms with Crippen molar-refractivity contribution in [1.82, 2.24) is 0 Å². The second kappa shape index (κ2) is 6.65. The molecular weight excluding hydrogens is 220 g/mol. The Morgan fingerprint density at radius 3 is 2.28 bits per heavy atom. The van der Waals surface area contributed by atoms with E-state index in [2.05, 4.69) is 30.4 Å². The van der Waals surface area contributed by atoms with E-state index in [9.17, 15) is 5.11 Å². The molecule has 0 aromatic heterocycles. The van der Waals surface area contributed by atoms with Crippen LogP contribution in [0, 0.1) is 0 Å². The lowest BCUT2D eigenvalue weighted by Gasteiger charge is -2.02. The average molecular weight is 238 g/mol. The second-order valence-corrected chi connectivity index (χ2v) is 4.37. The van der Waals surface area contributed by atoms with E-state index >= 15 is 0 Å². The molecule has 0 bridgehead atoms. The highest BCUT2D eigenvalue weighted by Crippen LogP contribution is 2.14. The predicted octanol–water partition coefficient (Wildman–Crippen LogP) is 4.70. The Balaban J connectivity index is 1.89. The third kappa shape index (κ3) is 4.10. The molecule has 0 amide bonds. The summed E-state index contributed by atoms with van der Waals surface area (Å²) in [6, 6.07) is 0. The van der Waals surface area contributed by atoms with Crippen LogP contribution in [0.15, 0.2) is 83.7 Å². The van der Waals surface area contributed by atoms with Crippen LogP contribution in [-0.2, 0) is 0 Å². The second-order valence-electron chi connectivity index (χ2n) is 4.37. The van der Waals surface area contributed by atoms with Gasteiger partial charge in [-0.3, -0.25) is 0 Å². The minimum absolute atomic E-state index is 0.404. The Morgan fingerprint density at radius 2 is 1.67 bits per heavy atom. The fourth-order valence-electron chi connectivity index (χ4n) is 1.84. The summed E-state index contributed by atoms with van der Waals surface area (Å²) in [4.78, 5) is 0. The van der Waals surface area contributed by atoms with Crippen LogP contribution in [0.4, 0.5) is 0 Å². The van der Waals surface area contributed by atoms with Gasteiger partial charge in [0.2, 0.25) is 0 Å². The molecule has 1 N–H and O–H groups in total. The molecule has 0 spiro atoms. The SMILES string of the molecule is O/C(=C\C=C1\C=CC=CC1)C/C=C1/C=CC=CC1. The highest BCUT2D eigenvalue weighted by Gasteiger charge is 1.96. The van der Waals surface area contributed by atoms with Gasteiger partial charge in [0.25, 0.3) is 0 Å². The summed E-state index contributed by atoms with van der Waals surface area (Å²) >= 11 is 0. The average Bonchev–Trinajstić information content (AvgIpc) is 2.45. The van der Waals surface area contributed by atoms with Crippen molar-refractivity contribution >= 4 is 0 Å². The molecule has 0 aromatic rings. The fraction of sp³-hybridized carbons (Fsp3) is 0.176. The molecule has 0 unspecified atom stereocenters. The normalized spacial score (nSPS) is 23.2. The van der Waals surface area contributed by atoms with Gasteiger partial charge in [-0.05, 0) is 30.1 Å². The number of hydrogen-bond donors (Lipinski definition) is 1. The molecule has 0 radical (unpaired) electrons. The quantitative estimate of drug-likeness (QED) is 0.706. The smallest absolute Gasteiger partial charge is 0.0960 e. The Hall–Kier alpha value is -2.02. The zero-order chi connectivity index (χ0) is 12.6. The van der Waals surface area contributed by atoms with Crippen molar-refractivity contribution in [3.63, 3.8) is 0 Å². The van der Waals surface area contributed by atoms with Gasteiger partial charge in [-0.1, -0.05) is 60.8 Å². The van der Waals surface area contributed by atoms with Gasteiger partial charge in [-0.2, -0.15) is 0 Å². The van der Waals surface area contributed by atoms with Gasteiger partial charge < -0.3 is 5.11 Å². The maximum atomic E-state index is 9.80. The van der Waals surface area contributed by atoms with E-state index in [1.165, 1.54) is 11.1 Å². The molecule has 0 aromatic carbocycles. The molecular formula is C17H18O. The van der Waals surface area contributed by atoms with E-state index in [1.807, 2.05) is 30.4 Å². The van der Waals surface area contributed by atoms with Crippen molar-refractivity contribution in [1.29, 1.82) is 0 Å². The van der Waals surface area contributed by atoms with Crippen molar-refractivity contribution in [3.05, 3.63) is 83.7 Å². The Morgan fingerprint density at radius 1 is 1.00 bits per heavy atom. The summed E-state index contributed by atoms with van der Waals surface area (Å²) in [5.74, 6) is 0.404. The first-order chi connectivity index (χ1) is 8.84. The molecule has 1 heteroatoms. The number of rotatable bonds is 3. The summed E-state index contributed by atoms with van der Waals surface area (Å²) < 4.78 is 0. The summed E-state index contributed by atoms with van der Waals surface area (Å²) in [7, 11) is 0. The Bertz CT molecular complexity index is 494. The maximum absolute atomic E-state index is 9.80. The van der Waals surface area contributed by atoms with Crippen LogP contribution < -0.4 is 0 Å². The number of allylic oxidation sites excluding steroid dienone is 13. The molecule has 0 saturated heterocycles. The van der Waals surface area contributed by atoms with E-state index in [1.54, 1.807) is 6.08 Å². The Labute approximate surface area is 109 Å². The van der Waals surface area contributed by atoms with Crippen molar-refractivity contribution < 1.29 is 5.11 Å². The lowest BCUT2D eigenvalue weighted by atomic mass is 10.1. The zero-order valence-corrected chi connectivity index (χ0v) is 10.4. The summed E-state index contributed by atoms with van der Waals surface area (Å²) in [6.07, 6.45) is 24.8. The van der Waals surface area contributed by atoms with Gasteiger partial charge in [-0.25, -0.2) is 0 Å². The van der Waals surface area contributed by atoms with Crippen LogP contribution in [0.5, 0.6) is 0 Å². The van der Waals surface area contributed by atoms with Gasteiger partial charge in [-0.15, -0.1) is 0 Å². The third-order valence-corrected chi connectivity index (χ3v) is 2.89. The minimum atomic E-state index is 0.404. The van der Waals surface area contributed by atoms with Crippen molar-refractivity contribution in [2.45, 2.75) is 19.3 Å². The van der Waals surface area contributed by atoms with Crippen LogP contribution in [0.1, 0.15) is 19.3 Å². The predicted molar refractivity (Wildman–Crippen MR) is 77.3 cm³/mol. The first-order valence-electron chi connectivity index (χ1n) is 6.29. The molecule has 0 aliphatic heterocycles. The summed E-state index contributed by atoms with van der Waals surface area (Å²) in [6.45, 7) is 0. The number of aliphatic hydroxyl groups excluding tert-OH is 1. The van der Waals surface area contributed by atoms with Crippen molar-refractivity contribution in [2.24, 2.45) is 0 Å². The van der Waals surface area contributed by atoms with Crippen molar-refractivity contribution in [2.75, 3.05) is 0 Å². The third-order valence-electron chi connectivity index (χ3n) is 2.89. The van der Waals surface area contributed by atoms with Crippen LogP contribution in [0.2, 0.25) is 0 Å². The monoisotopic (exact) mass is 238 g/mol. The minimum Gasteiger partial charge on any atom is -0.512 e. The lowest BCUT2D eigenvalue weighted by Crippen LogP contribution is -1.84. The number of hydrogen-bond acceptors (Lipinski definition) is 1. The molecule has 18 heavy (non-hydrogen) atoms. The molecule has 0 saturated carbocycles. The van der Waals surface area contributed by atoms with Gasteiger partial charge in [0.15, 0.2) is 0 Å². The highest BCUT2D eigenvalue weighted by atomic mass is 16.3. The molecule has 92 valence electrons. The molecule has 2 aliphatic rings. The van der Waals surface area contributed by atoms with E-state index < -0.39 is 0 Å². The molecule has 0 heterocycles. The molecule has 0 atom stereocenters. The molecule has 1 nitrogen and oxygen atoms in total. The Kier molecular flexibility index (Phi) is 4.60. The number of aliphatic hydroxyl groups is 1. The first-order valence-corrected chi connectivity index (χ1v) is 6.29. The molecule has 2 aliphatic carbocycles. The fourth-order valence-corrected chi connectivity index (χ4v) is 1.84. The summed E-state index contributed by atoms with van der Waals surface area (Å²) in [5, 5.41) is 9.80. The standard InChI is InChI=1S/C17H18O/c18-17(13-11-15-7-3-1-4-8-15)14-12-16-9-5-2-6-10-16/h1-7,9,11-13,18H,8,10,14H2/b15-11-,16-12-,17-13-. The maximum Gasteiger partial charge on any atom is 0.0960 e. The largest absolute Gasteiger partial charge is 0.512 e. The molecule has 0 fully saturated rings. The first kappa shape index (κ1) is 12.4. The van der Waals surface area contributed by atoms with Crippen LogP contribution in [-0.4, -0.2) is 5.11 Å². The zero-order valence-electron chi connectivity index (χ0n) is 10.4. The molecule has 2 rings (SSSR count). The van der Waals surface area contributed by atoms with Gasteiger partial charge in [0.1, 0.15) is 0 Å². The summed E-state index contributed by atoms with van der Waals surface area (Å²) in [5.41, 5.74) is 2.47. The van der Waals surface area contributed by atoms with Crippen molar-refractivity contribution in [3.8, 4) is 0 Å². The topological polar surface area (TPSA) is 20.2 Å². The van der Waals surface area contributed by atoms with Crippen LogP contribution >= 0.6 is 0 Å². The van der Waals surface area contributed by atoms with E-state index in [0.717, 1.165) is 12.8 Å². The van der Waals surface area contributed by atoms with Crippen LogP contribution in [0.25, 0.3) is 0 Å². The van der Waals surface area contributed by atoms with Gasteiger partial charge in [0.05, 0.1) is 5.76 Å². The van der Waals surface area contributed by atoms with Gasteiger partial charge in [0, 0.05) is 6.42 Å². The van der Waals surface area contributed by atoms with Crippen LogP contribution in [0.3, 0.4) is 0 Å². The van der Waals surface area contributed by atoms with E-state index in [4.69, 9.17) is 0 Å².